The standard InChI is InChI=1S/C20H19NO5S2/c1-3-24-14-6-4-12(8-16(14)23-2)9-18-19(22)21(20(27)28-18)13-5-7-15-17(10-13)26-11-25-15/h4-10,15,17H,3,11H2,1-2H3/b18-9-/t15-,17+/m1/s1. The zero-order valence-electron chi connectivity index (χ0n) is 15.4. The maximum absolute atomic E-state index is 13.0. The summed E-state index contributed by atoms with van der Waals surface area (Å²) in [7, 11) is 1.59. The van der Waals surface area contributed by atoms with Crippen molar-refractivity contribution in [1.29, 1.82) is 0 Å². The van der Waals surface area contributed by atoms with Crippen LogP contribution in [0.15, 0.2) is 47.0 Å². The topological polar surface area (TPSA) is 57.2 Å². The summed E-state index contributed by atoms with van der Waals surface area (Å²) < 4.78 is 22.4. The molecule has 0 bridgehead atoms. The molecule has 0 radical (unpaired) electrons. The van der Waals surface area contributed by atoms with Gasteiger partial charge in [-0.2, -0.15) is 0 Å². The van der Waals surface area contributed by atoms with E-state index >= 15 is 0 Å². The van der Waals surface area contributed by atoms with Gasteiger partial charge >= 0.3 is 0 Å². The Labute approximate surface area is 172 Å². The molecule has 3 aliphatic rings. The number of hydrogen-bond acceptors (Lipinski definition) is 7. The Morgan fingerprint density at radius 3 is 2.93 bits per heavy atom. The van der Waals surface area contributed by atoms with Crippen molar-refractivity contribution < 1.29 is 23.7 Å². The molecule has 0 unspecified atom stereocenters. The van der Waals surface area contributed by atoms with Gasteiger partial charge in [0.15, 0.2) is 15.8 Å². The van der Waals surface area contributed by atoms with Gasteiger partial charge in [-0.15, -0.1) is 0 Å². The van der Waals surface area contributed by atoms with E-state index < -0.39 is 0 Å². The molecule has 2 aliphatic heterocycles. The van der Waals surface area contributed by atoms with Crippen LogP contribution in [0.25, 0.3) is 6.08 Å². The largest absolute Gasteiger partial charge is 0.493 e. The highest BCUT2D eigenvalue weighted by Gasteiger charge is 2.37. The monoisotopic (exact) mass is 417 g/mol. The van der Waals surface area contributed by atoms with E-state index in [0.29, 0.717) is 33.0 Å². The molecular formula is C20H19NO5S2. The van der Waals surface area contributed by atoms with Crippen LogP contribution < -0.4 is 9.47 Å². The number of thioether (sulfide) groups is 1. The summed E-state index contributed by atoms with van der Waals surface area (Å²) in [5.74, 6) is 1.13. The number of thiocarbonyl (C=S) groups is 1. The third-order valence-electron chi connectivity index (χ3n) is 4.47. The second-order valence-electron chi connectivity index (χ2n) is 6.19. The molecule has 2 saturated heterocycles. The van der Waals surface area contributed by atoms with Crippen LogP contribution in [-0.4, -0.2) is 47.8 Å². The Bertz CT molecular complexity index is 908. The lowest BCUT2D eigenvalue weighted by atomic mass is 10.1. The minimum atomic E-state index is -0.191. The molecule has 1 aromatic carbocycles. The minimum absolute atomic E-state index is 0.103. The molecule has 1 aliphatic carbocycles. The molecular weight excluding hydrogens is 398 g/mol. The van der Waals surface area contributed by atoms with Crippen molar-refractivity contribution in [3.05, 3.63) is 52.6 Å². The number of carbonyl (C=O) groups excluding carboxylic acids is 1. The molecule has 0 spiro atoms. The molecule has 4 rings (SSSR count). The maximum atomic E-state index is 13.0. The summed E-state index contributed by atoms with van der Waals surface area (Å²) in [6.07, 6.45) is 7.14. The summed E-state index contributed by atoms with van der Waals surface area (Å²) in [4.78, 5) is 15.1. The fourth-order valence-corrected chi connectivity index (χ4v) is 4.45. The molecule has 28 heavy (non-hydrogen) atoms. The van der Waals surface area contributed by atoms with Crippen molar-refractivity contribution >= 4 is 40.3 Å². The van der Waals surface area contributed by atoms with E-state index in [2.05, 4.69) is 0 Å². The first-order chi connectivity index (χ1) is 13.6. The van der Waals surface area contributed by atoms with Gasteiger partial charge in [0.2, 0.25) is 0 Å². The predicted molar refractivity (Wildman–Crippen MR) is 111 cm³/mol. The Hall–Kier alpha value is -2.13. The quantitative estimate of drug-likeness (QED) is 0.537. The van der Waals surface area contributed by atoms with E-state index in [1.54, 1.807) is 7.11 Å². The first-order valence-corrected chi connectivity index (χ1v) is 10.0. The molecule has 0 saturated carbocycles. The Morgan fingerprint density at radius 1 is 1.32 bits per heavy atom. The number of nitrogens with zero attached hydrogens (tertiary/aromatic N) is 1. The van der Waals surface area contributed by atoms with E-state index in [1.807, 2.05) is 49.4 Å². The third-order valence-corrected chi connectivity index (χ3v) is 5.78. The highest BCUT2D eigenvalue weighted by Crippen LogP contribution is 2.38. The molecule has 146 valence electrons. The van der Waals surface area contributed by atoms with Crippen LogP contribution in [0.5, 0.6) is 11.5 Å². The van der Waals surface area contributed by atoms with Crippen molar-refractivity contribution in [2.45, 2.75) is 19.1 Å². The van der Waals surface area contributed by atoms with Gasteiger partial charge in [0.1, 0.15) is 19.0 Å². The molecule has 1 amide bonds. The van der Waals surface area contributed by atoms with Crippen molar-refractivity contribution in [3.8, 4) is 11.5 Å². The molecule has 2 heterocycles. The smallest absolute Gasteiger partial charge is 0.270 e. The number of ether oxygens (including phenoxy) is 4. The number of methoxy groups -OCH3 is 1. The molecule has 2 fully saturated rings. The fraction of sp³-hybridized carbons (Fsp3) is 0.300. The van der Waals surface area contributed by atoms with Crippen LogP contribution in [0.4, 0.5) is 0 Å². The van der Waals surface area contributed by atoms with Gasteiger partial charge in [-0.1, -0.05) is 36.1 Å². The van der Waals surface area contributed by atoms with Crippen LogP contribution in [0, 0.1) is 0 Å². The zero-order chi connectivity index (χ0) is 19.7. The van der Waals surface area contributed by atoms with Gasteiger partial charge in [-0.25, -0.2) is 0 Å². The fourth-order valence-electron chi connectivity index (χ4n) is 3.15. The molecule has 8 heteroatoms. The van der Waals surface area contributed by atoms with E-state index in [0.717, 1.165) is 5.56 Å². The normalized spacial score (nSPS) is 25.3. The van der Waals surface area contributed by atoms with Gasteiger partial charge < -0.3 is 18.9 Å². The van der Waals surface area contributed by atoms with E-state index in [1.165, 1.54) is 16.7 Å². The van der Waals surface area contributed by atoms with E-state index in [-0.39, 0.29) is 24.9 Å². The van der Waals surface area contributed by atoms with Crippen molar-refractivity contribution in [2.75, 3.05) is 20.5 Å². The third kappa shape index (κ3) is 3.60. The number of amides is 1. The number of carbonyl (C=O) groups is 1. The van der Waals surface area contributed by atoms with Gasteiger partial charge in [-0.3, -0.25) is 9.69 Å². The van der Waals surface area contributed by atoms with Gasteiger partial charge in [0, 0.05) is 5.70 Å². The number of benzene rings is 1. The van der Waals surface area contributed by atoms with Crippen LogP contribution in [0.1, 0.15) is 12.5 Å². The van der Waals surface area contributed by atoms with Crippen LogP contribution >= 0.6 is 24.0 Å². The van der Waals surface area contributed by atoms with Gasteiger partial charge in [0.25, 0.3) is 5.91 Å². The Kier molecular flexibility index (Phi) is 5.54. The highest BCUT2D eigenvalue weighted by molar-refractivity contribution is 8.26. The zero-order valence-corrected chi connectivity index (χ0v) is 17.0. The summed E-state index contributed by atoms with van der Waals surface area (Å²) in [6, 6.07) is 5.55. The van der Waals surface area contributed by atoms with Crippen molar-refractivity contribution in [3.63, 3.8) is 0 Å². The average Bonchev–Trinajstić information content (AvgIpc) is 3.26. The Balaban J connectivity index is 1.58. The van der Waals surface area contributed by atoms with Crippen molar-refractivity contribution in [1.82, 2.24) is 4.90 Å². The number of allylic oxidation sites excluding steroid dienone is 1. The molecule has 0 aromatic heterocycles. The number of rotatable bonds is 5. The van der Waals surface area contributed by atoms with Crippen LogP contribution in [-0.2, 0) is 14.3 Å². The van der Waals surface area contributed by atoms with Gasteiger partial charge in [-0.05, 0) is 42.8 Å². The number of fused-ring (bicyclic) bond motifs is 1. The van der Waals surface area contributed by atoms with Gasteiger partial charge in [0.05, 0.1) is 18.6 Å². The lowest BCUT2D eigenvalue weighted by molar-refractivity contribution is -0.120. The van der Waals surface area contributed by atoms with E-state index in [4.69, 9.17) is 31.2 Å². The van der Waals surface area contributed by atoms with Crippen molar-refractivity contribution in [2.24, 2.45) is 0 Å². The molecule has 1 aromatic rings. The maximum Gasteiger partial charge on any atom is 0.270 e. The second kappa shape index (κ2) is 8.08. The summed E-state index contributed by atoms with van der Waals surface area (Å²) in [5, 5.41) is 0. The molecule has 0 N–H and O–H groups in total. The first kappa shape index (κ1) is 19.2. The summed E-state index contributed by atoms with van der Waals surface area (Å²) >= 11 is 6.72. The predicted octanol–water partition coefficient (Wildman–Crippen LogP) is 3.49. The second-order valence-corrected chi connectivity index (χ2v) is 7.87. The lowest BCUT2D eigenvalue weighted by Gasteiger charge is -2.22. The highest BCUT2D eigenvalue weighted by atomic mass is 32.2. The van der Waals surface area contributed by atoms with Crippen LogP contribution in [0.2, 0.25) is 0 Å². The summed E-state index contributed by atoms with van der Waals surface area (Å²) in [5.41, 5.74) is 1.54. The average molecular weight is 418 g/mol. The molecule has 2 atom stereocenters. The first-order valence-electron chi connectivity index (χ1n) is 8.82. The van der Waals surface area contributed by atoms with E-state index in [9.17, 15) is 4.79 Å². The van der Waals surface area contributed by atoms with Crippen LogP contribution in [0.3, 0.4) is 0 Å². The number of hydrogen-bond donors (Lipinski definition) is 0. The Morgan fingerprint density at radius 2 is 2.14 bits per heavy atom. The lowest BCUT2D eigenvalue weighted by Crippen LogP contribution is -2.31. The summed E-state index contributed by atoms with van der Waals surface area (Å²) in [6.45, 7) is 2.72. The minimum Gasteiger partial charge on any atom is -0.493 e. The SMILES string of the molecule is CCOc1ccc(/C=C2\SC(=S)N(C3=C[C@@H]4OCO[C@@H]4C=C3)C2=O)cc1OC. The molecule has 6 nitrogen and oxygen atoms in total.